The van der Waals surface area contributed by atoms with Gasteiger partial charge in [0, 0.05) is 18.3 Å². The molecule has 7 atom stereocenters. The van der Waals surface area contributed by atoms with Gasteiger partial charge in [-0.2, -0.15) is 0 Å². The van der Waals surface area contributed by atoms with Crippen LogP contribution >= 0.6 is 0 Å². The van der Waals surface area contributed by atoms with Gasteiger partial charge in [0.2, 0.25) is 12.1 Å². The highest BCUT2D eigenvalue weighted by molar-refractivity contribution is 5.74. The topological polar surface area (TPSA) is 81.7 Å². The minimum Gasteiger partial charge on any atom is -0.432 e. The van der Waals surface area contributed by atoms with Gasteiger partial charge >= 0.3 is 5.97 Å². The summed E-state index contributed by atoms with van der Waals surface area (Å²) in [6.45, 7) is 7.55. The van der Waals surface area contributed by atoms with E-state index >= 15 is 0 Å². The van der Waals surface area contributed by atoms with Crippen LogP contribution in [0.2, 0.25) is 0 Å². The number of carbonyl (C=O) groups excluding carboxylic acids is 1. The van der Waals surface area contributed by atoms with E-state index in [1.54, 1.807) is 0 Å². The van der Waals surface area contributed by atoms with Crippen LogP contribution in [0, 0.1) is 23.7 Å². The van der Waals surface area contributed by atoms with Crippen LogP contribution in [0.1, 0.15) is 46.5 Å². The Balaban J connectivity index is 0.000000240. The zero-order chi connectivity index (χ0) is 18.4. The van der Waals surface area contributed by atoms with Gasteiger partial charge in [-0.1, -0.05) is 13.8 Å². The molecule has 1 saturated carbocycles. The first-order valence-corrected chi connectivity index (χ1v) is 9.53. The largest absolute Gasteiger partial charge is 0.432 e. The maximum Gasteiger partial charge on any atom is 0.311 e. The second-order valence-corrected chi connectivity index (χ2v) is 8.10. The number of ether oxygens (including phenoxy) is 3. The van der Waals surface area contributed by atoms with E-state index in [4.69, 9.17) is 24.0 Å². The van der Waals surface area contributed by atoms with E-state index < -0.39 is 17.7 Å². The molecule has 26 heavy (non-hydrogen) atoms. The molecule has 8 nitrogen and oxygen atoms in total. The molecule has 0 N–H and O–H groups in total. The fourth-order valence-corrected chi connectivity index (χ4v) is 5.04. The van der Waals surface area contributed by atoms with Crippen molar-refractivity contribution in [1.29, 1.82) is 0 Å². The Kier molecular flexibility index (Phi) is 5.00. The molecule has 1 spiro atoms. The zero-order valence-corrected chi connectivity index (χ0v) is 15.6. The van der Waals surface area contributed by atoms with E-state index in [2.05, 4.69) is 16.7 Å². The van der Waals surface area contributed by atoms with Gasteiger partial charge in [-0.25, -0.2) is 19.6 Å². The molecule has 0 aromatic heterocycles. The molecule has 0 amide bonds. The first-order chi connectivity index (χ1) is 12.5. The molecule has 0 aromatic rings. The van der Waals surface area contributed by atoms with Gasteiger partial charge in [0.25, 0.3) is 0 Å². The van der Waals surface area contributed by atoms with Crippen molar-refractivity contribution in [3.8, 4) is 0 Å². The highest BCUT2D eigenvalue weighted by atomic mass is 17.3. The number of esters is 1. The number of fused-ring (bicyclic) bond motifs is 2. The third kappa shape index (κ3) is 2.96. The molecule has 5 heterocycles. The minimum absolute atomic E-state index is 0.123. The Labute approximate surface area is 153 Å². The number of rotatable bonds is 0. The van der Waals surface area contributed by atoms with Crippen molar-refractivity contribution in [2.45, 2.75) is 64.1 Å². The Morgan fingerprint density at radius 1 is 1.00 bits per heavy atom. The monoisotopic (exact) mass is 372 g/mol. The molecule has 6 aliphatic rings. The van der Waals surface area contributed by atoms with Crippen LogP contribution < -0.4 is 0 Å². The lowest BCUT2D eigenvalue weighted by Gasteiger charge is -2.57. The van der Waals surface area contributed by atoms with Crippen molar-refractivity contribution in [3.63, 3.8) is 0 Å². The lowest BCUT2D eigenvalue weighted by molar-refractivity contribution is -0.559. The molecule has 1 aliphatic carbocycles. The van der Waals surface area contributed by atoms with Crippen LogP contribution in [0.4, 0.5) is 0 Å². The predicted octanol–water partition coefficient (Wildman–Crippen LogP) is 2.32. The summed E-state index contributed by atoms with van der Waals surface area (Å²) >= 11 is 0. The van der Waals surface area contributed by atoms with Gasteiger partial charge in [-0.15, -0.1) is 0 Å². The van der Waals surface area contributed by atoms with E-state index in [0.29, 0.717) is 25.0 Å². The van der Waals surface area contributed by atoms with E-state index in [0.717, 1.165) is 25.7 Å². The predicted molar refractivity (Wildman–Crippen MR) is 85.9 cm³/mol. The average molecular weight is 372 g/mol. The number of hydrogen-bond acceptors (Lipinski definition) is 8. The molecular weight excluding hydrogens is 344 g/mol. The molecular formula is C18H28O8. The summed E-state index contributed by atoms with van der Waals surface area (Å²) in [5, 5.41) is 0. The average Bonchev–Trinajstić information content (AvgIpc) is 2.88. The van der Waals surface area contributed by atoms with Crippen LogP contribution in [0.3, 0.4) is 0 Å². The third-order valence-electron chi connectivity index (χ3n) is 6.50. The standard InChI is InChI=1S/C15H22O5.C3H6O3/c1-8-4-5-11-9(2)12(16)17-13-15(11)10(8)6-7-14(3,18-13)19-20-15;1-2-5-6-3-4-1/h8-11,13H,4-7H2,1-3H3;1-3H2/t8-,9-,10+,11+,13-,14+,15-;/m1./s1. The molecule has 5 saturated heterocycles. The van der Waals surface area contributed by atoms with Crippen molar-refractivity contribution < 1.29 is 38.6 Å². The second kappa shape index (κ2) is 7.00. The third-order valence-corrected chi connectivity index (χ3v) is 6.50. The molecule has 2 bridgehead atoms. The maximum absolute atomic E-state index is 12.1. The molecule has 148 valence electrons. The van der Waals surface area contributed by atoms with Crippen LogP contribution in [-0.2, 0) is 38.6 Å². The Morgan fingerprint density at radius 2 is 1.85 bits per heavy atom. The van der Waals surface area contributed by atoms with E-state index in [9.17, 15) is 4.79 Å². The molecule has 0 radical (unpaired) electrons. The lowest BCUT2D eigenvalue weighted by atomic mass is 9.58. The first kappa shape index (κ1) is 18.6. The highest BCUT2D eigenvalue weighted by Gasteiger charge is 2.70. The Morgan fingerprint density at radius 3 is 2.50 bits per heavy atom. The van der Waals surface area contributed by atoms with Crippen LogP contribution in [0.25, 0.3) is 0 Å². The molecule has 5 aliphatic heterocycles. The van der Waals surface area contributed by atoms with Crippen LogP contribution in [0.15, 0.2) is 0 Å². The number of carbonyl (C=O) groups is 1. The van der Waals surface area contributed by atoms with Crippen LogP contribution in [0.5, 0.6) is 0 Å². The fourth-order valence-electron chi connectivity index (χ4n) is 5.04. The SMILES string of the molecule is C1COOCO1.C[C@@H]1CC[C@H]2[C@@H](C)C(=O)O[C@@H]3O[C@]4(C)CC[C@@H]1[C@]32OO4. The van der Waals surface area contributed by atoms with E-state index in [1.807, 2.05) is 13.8 Å². The second-order valence-electron chi connectivity index (χ2n) is 8.10. The van der Waals surface area contributed by atoms with Crippen molar-refractivity contribution in [1.82, 2.24) is 0 Å². The van der Waals surface area contributed by atoms with E-state index in [1.165, 1.54) is 0 Å². The van der Waals surface area contributed by atoms with Gasteiger partial charge in [-0.05, 0) is 32.1 Å². The molecule has 0 unspecified atom stereocenters. The van der Waals surface area contributed by atoms with Gasteiger partial charge in [0.05, 0.1) is 12.5 Å². The molecule has 8 heteroatoms. The summed E-state index contributed by atoms with van der Waals surface area (Å²) in [6.07, 6.45) is 3.24. The molecule has 6 fully saturated rings. The van der Waals surface area contributed by atoms with Gasteiger partial charge < -0.3 is 14.2 Å². The fraction of sp³-hybridized carbons (Fsp3) is 0.944. The maximum atomic E-state index is 12.1. The molecule has 0 aromatic carbocycles. The van der Waals surface area contributed by atoms with E-state index in [-0.39, 0.29) is 24.6 Å². The van der Waals surface area contributed by atoms with Crippen molar-refractivity contribution in [2.75, 3.05) is 20.0 Å². The molecule has 6 rings (SSSR count). The zero-order valence-electron chi connectivity index (χ0n) is 15.6. The van der Waals surface area contributed by atoms with Gasteiger partial charge in [-0.3, -0.25) is 4.79 Å². The lowest BCUT2D eigenvalue weighted by Crippen LogP contribution is -2.69. The van der Waals surface area contributed by atoms with Crippen molar-refractivity contribution in [2.24, 2.45) is 23.7 Å². The van der Waals surface area contributed by atoms with Gasteiger partial charge in [0.1, 0.15) is 6.61 Å². The minimum atomic E-state index is -0.793. The van der Waals surface area contributed by atoms with Crippen LogP contribution in [-0.4, -0.2) is 43.7 Å². The summed E-state index contributed by atoms with van der Waals surface area (Å²) < 4.78 is 16.3. The highest BCUT2D eigenvalue weighted by Crippen LogP contribution is 2.59. The van der Waals surface area contributed by atoms with Crippen molar-refractivity contribution >= 4 is 5.97 Å². The normalized spacial score (nSPS) is 50.0. The summed E-state index contributed by atoms with van der Waals surface area (Å²) in [5.41, 5.74) is -0.610. The number of hydrogen-bond donors (Lipinski definition) is 0. The Bertz CT molecular complexity index is 526. The smallest absolute Gasteiger partial charge is 0.311 e. The summed E-state index contributed by atoms with van der Waals surface area (Å²) in [7, 11) is 0. The summed E-state index contributed by atoms with van der Waals surface area (Å²) in [4.78, 5) is 32.5. The summed E-state index contributed by atoms with van der Waals surface area (Å²) in [6, 6.07) is 0. The first-order valence-electron chi connectivity index (χ1n) is 9.53. The quantitative estimate of drug-likeness (QED) is 0.473. The van der Waals surface area contributed by atoms with Crippen molar-refractivity contribution in [3.05, 3.63) is 0 Å². The van der Waals surface area contributed by atoms with Gasteiger partial charge in [0.15, 0.2) is 12.4 Å². The Hall–Kier alpha value is -0.770. The summed E-state index contributed by atoms with van der Waals surface area (Å²) in [5.74, 6) is -0.137.